The number of aromatic amines is 1. The normalized spacial score (nSPS) is 10.6. The topological polar surface area (TPSA) is 66.0 Å². The van der Waals surface area contributed by atoms with Crippen molar-refractivity contribution >= 4 is 5.97 Å². The van der Waals surface area contributed by atoms with Gasteiger partial charge in [0.25, 0.3) is 0 Å². The molecule has 96 valence electrons. The zero-order chi connectivity index (χ0) is 12.5. The Kier molecular flexibility index (Phi) is 6.37. The van der Waals surface area contributed by atoms with E-state index in [2.05, 4.69) is 17.1 Å². The molecular formula is C13H22N2O2. The van der Waals surface area contributed by atoms with Gasteiger partial charge in [-0.25, -0.2) is 4.79 Å². The summed E-state index contributed by atoms with van der Waals surface area (Å²) in [7, 11) is 0. The number of rotatable bonds is 9. The minimum absolute atomic E-state index is 0.114. The zero-order valence-electron chi connectivity index (χ0n) is 10.5. The molecule has 17 heavy (non-hydrogen) atoms. The van der Waals surface area contributed by atoms with Crippen molar-refractivity contribution in [3.05, 3.63) is 17.5 Å². The number of aryl methyl sites for hydroxylation is 1. The van der Waals surface area contributed by atoms with E-state index in [9.17, 15) is 4.79 Å². The van der Waals surface area contributed by atoms with Crippen LogP contribution in [0.25, 0.3) is 0 Å². The number of hydrogen-bond donors (Lipinski definition) is 2. The number of nitrogens with one attached hydrogen (secondary N) is 1. The lowest BCUT2D eigenvalue weighted by atomic mass is 10.1. The molecule has 0 atom stereocenters. The molecule has 0 saturated carbocycles. The summed E-state index contributed by atoms with van der Waals surface area (Å²) in [6.07, 6.45) is 9.77. The lowest BCUT2D eigenvalue weighted by molar-refractivity contribution is 0.0690. The fraction of sp³-hybridized carbons (Fsp3) is 0.692. The number of H-pyrrole nitrogens is 1. The molecule has 1 aromatic rings. The summed E-state index contributed by atoms with van der Waals surface area (Å²) in [5, 5.41) is 15.2. The zero-order valence-corrected chi connectivity index (χ0v) is 10.5. The van der Waals surface area contributed by atoms with E-state index in [1.165, 1.54) is 38.5 Å². The Morgan fingerprint density at radius 2 is 1.88 bits per heavy atom. The maximum absolute atomic E-state index is 10.6. The van der Waals surface area contributed by atoms with E-state index >= 15 is 0 Å². The fourth-order valence-electron chi connectivity index (χ4n) is 1.87. The molecule has 0 aliphatic heterocycles. The predicted molar refractivity (Wildman–Crippen MR) is 67.2 cm³/mol. The molecule has 0 aromatic carbocycles. The lowest BCUT2D eigenvalue weighted by Crippen LogP contribution is -1.95. The molecule has 1 rings (SSSR count). The first-order valence-electron chi connectivity index (χ1n) is 6.51. The van der Waals surface area contributed by atoms with Crippen molar-refractivity contribution in [2.45, 2.75) is 58.3 Å². The van der Waals surface area contributed by atoms with Gasteiger partial charge in [-0.2, -0.15) is 5.10 Å². The Hall–Kier alpha value is -1.32. The van der Waals surface area contributed by atoms with Gasteiger partial charge < -0.3 is 5.11 Å². The molecule has 4 heteroatoms. The summed E-state index contributed by atoms with van der Waals surface area (Å²) >= 11 is 0. The van der Waals surface area contributed by atoms with Gasteiger partial charge in [0, 0.05) is 5.69 Å². The predicted octanol–water partition coefficient (Wildman–Crippen LogP) is 3.40. The van der Waals surface area contributed by atoms with Crippen molar-refractivity contribution < 1.29 is 9.90 Å². The number of hydrogen-bond acceptors (Lipinski definition) is 2. The van der Waals surface area contributed by atoms with E-state index in [0.717, 1.165) is 18.5 Å². The summed E-state index contributed by atoms with van der Waals surface area (Å²) in [5.74, 6) is -0.966. The van der Waals surface area contributed by atoms with Gasteiger partial charge in [-0.3, -0.25) is 5.10 Å². The number of unbranched alkanes of at least 4 members (excludes halogenated alkanes) is 6. The highest BCUT2D eigenvalue weighted by atomic mass is 16.4. The number of carboxylic acid groups (broad SMARTS) is 1. The van der Waals surface area contributed by atoms with Crippen LogP contribution < -0.4 is 0 Å². The van der Waals surface area contributed by atoms with Crippen LogP contribution in [0.4, 0.5) is 0 Å². The highest BCUT2D eigenvalue weighted by molar-refractivity contribution is 5.85. The monoisotopic (exact) mass is 238 g/mol. The molecule has 0 aliphatic carbocycles. The smallest absolute Gasteiger partial charge is 0.356 e. The van der Waals surface area contributed by atoms with Gasteiger partial charge in [-0.15, -0.1) is 0 Å². The van der Waals surface area contributed by atoms with Crippen LogP contribution in [0.5, 0.6) is 0 Å². The van der Waals surface area contributed by atoms with Crippen LogP contribution in [-0.4, -0.2) is 21.3 Å². The van der Waals surface area contributed by atoms with Crippen LogP contribution >= 0.6 is 0 Å². The van der Waals surface area contributed by atoms with Crippen molar-refractivity contribution in [3.63, 3.8) is 0 Å². The van der Waals surface area contributed by atoms with Gasteiger partial charge in [-0.1, -0.05) is 45.4 Å². The van der Waals surface area contributed by atoms with Crippen LogP contribution in [0.1, 0.15) is 68.1 Å². The van der Waals surface area contributed by atoms with E-state index in [0.29, 0.717) is 0 Å². The molecule has 4 nitrogen and oxygen atoms in total. The Morgan fingerprint density at radius 3 is 2.47 bits per heavy atom. The second kappa shape index (κ2) is 7.87. The van der Waals surface area contributed by atoms with Crippen molar-refractivity contribution in [3.8, 4) is 0 Å². The third-order valence-corrected chi connectivity index (χ3v) is 2.90. The Balaban J connectivity index is 2.07. The minimum Gasteiger partial charge on any atom is -0.476 e. The van der Waals surface area contributed by atoms with Gasteiger partial charge in [0.1, 0.15) is 0 Å². The third-order valence-electron chi connectivity index (χ3n) is 2.90. The van der Waals surface area contributed by atoms with E-state index in [1.54, 1.807) is 6.07 Å². The number of carbonyl (C=O) groups is 1. The summed E-state index contributed by atoms with van der Waals surface area (Å²) < 4.78 is 0. The molecule has 0 unspecified atom stereocenters. The standard InChI is InChI=1S/C13H22N2O2/c1-2-3-4-5-6-7-8-9-11-10-12(13(16)17)15-14-11/h10H,2-9H2,1H3,(H,14,15)(H,16,17). The summed E-state index contributed by atoms with van der Waals surface area (Å²) in [5.41, 5.74) is 1.04. The summed E-state index contributed by atoms with van der Waals surface area (Å²) in [6, 6.07) is 1.62. The van der Waals surface area contributed by atoms with E-state index in [-0.39, 0.29) is 5.69 Å². The molecule has 1 aromatic heterocycles. The summed E-state index contributed by atoms with van der Waals surface area (Å²) in [6.45, 7) is 2.22. The molecule has 0 aliphatic rings. The first-order chi connectivity index (χ1) is 8.24. The Morgan fingerprint density at radius 1 is 1.24 bits per heavy atom. The van der Waals surface area contributed by atoms with Crippen LogP contribution in [0, 0.1) is 0 Å². The van der Waals surface area contributed by atoms with Crippen molar-refractivity contribution in [1.82, 2.24) is 10.2 Å². The third kappa shape index (κ3) is 5.52. The average Bonchev–Trinajstić information content (AvgIpc) is 2.77. The van der Waals surface area contributed by atoms with Crippen LogP contribution in [-0.2, 0) is 6.42 Å². The molecule has 1 heterocycles. The van der Waals surface area contributed by atoms with Crippen LogP contribution in [0.15, 0.2) is 6.07 Å². The SMILES string of the molecule is CCCCCCCCCc1cc(C(=O)O)n[nH]1. The van der Waals surface area contributed by atoms with Gasteiger partial charge >= 0.3 is 5.97 Å². The molecule has 0 amide bonds. The molecular weight excluding hydrogens is 216 g/mol. The first kappa shape index (κ1) is 13.7. The molecule has 0 radical (unpaired) electrons. The van der Waals surface area contributed by atoms with E-state index in [1.807, 2.05) is 0 Å². The number of carboxylic acids is 1. The molecule has 0 fully saturated rings. The fourth-order valence-corrected chi connectivity index (χ4v) is 1.87. The van der Waals surface area contributed by atoms with Gasteiger partial charge in [0.15, 0.2) is 5.69 Å². The maximum atomic E-state index is 10.6. The number of aromatic carboxylic acids is 1. The molecule has 2 N–H and O–H groups in total. The maximum Gasteiger partial charge on any atom is 0.356 e. The van der Waals surface area contributed by atoms with E-state index in [4.69, 9.17) is 5.11 Å². The minimum atomic E-state index is -0.966. The van der Waals surface area contributed by atoms with Crippen LogP contribution in [0.3, 0.4) is 0 Å². The average molecular weight is 238 g/mol. The lowest BCUT2D eigenvalue weighted by Gasteiger charge is -1.99. The second-order valence-corrected chi connectivity index (χ2v) is 4.45. The largest absolute Gasteiger partial charge is 0.476 e. The Bertz CT molecular complexity index is 334. The second-order valence-electron chi connectivity index (χ2n) is 4.45. The van der Waals surface area contributed by atoms with Crippen LogP contribution in [0.2, 0.25) is 0 Å². The summed E-state index contributed by atoms with van der Waals surface area (Å²) in [4.78, 5) is 10.6. The van der Waals surface area contributed by atoms with Crippen molar-refractivity contribution in [2.75, 3.05) is 0 Å². The number of nitrogens with zero attached hydrogens (tertiary/aromatic N) is 1. The molecule has 0 bridgehead atoms. The quantitative estimate of drug-likeness (QED) is 0.648. The van der Waals surface area contributed by atoms with Gasteiger partial charge in [0.05, 0.1) is 0 Å². The highest BCUT2D eigenvalue weighted by Gasteiger charge is 2.07. The van der Waals surface area contributed by atoms with Crippen molar-refractivity contribution in [1.29, 1.82) is 0 Å². The Labute approximate surface area is 102 Å². The highest BCUT2D eigenvalue weighted by Crippen LogP contribution is 2.10. The van der Waals surface area contributed by atoms with E-state index < -0.39 is 5.97 Å². The first-order valence-corrected chi connectivity index (χ1v) is 6.51. The van der Waals surface area contributed by atoms with Gasteiger partial charge in [-0.05, 0) is 18.9 Å². The van der Waals surface area contributed by atoms with Gasteiger partial charge in [0.2, 0.25) is 0 Å². The molecule has 0 saturated heterocycles. The van der Waals surface area contributed by atoms with Crippen molar-refractivity contribution in [2.24, 2.45) is 0 Å². The number of aromatic nitrogens is 2. The molecule has 0 spiro atoms.